The van der Waals surface area contributed by atoms with Gasteiger partial charge in [-0.15, -0.1) is 0 Å². The highest BCUT2D eigenvalue weighted by molar-refractivity contribution is 6.04. The number of carbonyl (C=O) groups excluding carboxylic acids is 1. The number of imidazole rings is 1. The van der Waals surface area contributed by atoms with E-state index in [2.05, 4.69) is 22.1 Å². The highest BCUT2D eigenvalue weighted by Gasteiger charge is 2.33. The molecule has 1 saturated heterocycles. The van der Waals surface area contributed by atoms with Crippen LogP contribution in [0, 0.1) is 5.92 Å². The van der Waals surface area contributed by atoms with Crippen molar-refractivity contribution in [2.45, 2.75) is 64.7 Å². The fraction of sp³-hybridized carbons (Fsp3) is 0.500. The van der Waals surface area contributed by atoms with Crippen molar-refractivity contribution >= 4 is 22.9 Å². The normalized spacial score (nSPS) is 15.5. The third kappa shape index (κ3) is 6.16. The van der Waals surface area contributed by atoms with E-state index >= 15 is 0 Å². The van der Waals surface area contributed by atoms with Crippen molar-refractivity contribution in [3.05, 3.63) is 53.7 Å². The number of nitrogens with zero attached hydrogens (tertiary/aromatic N) is 4. The van der Waals surface area contributed by atoms with Crippen LogP contribution in [0.2, 0.25) is 0 Å². The number of fused-ring (bicyclic) bond motifs is 1. The number of anilines is 2. The Balaban J connectivity index is 1.66. The molecule has 2 N–H and O–H groups in total. The average molecular weight is 504 g/mol. The molecule has 1 aliphatic rings. The Morgan fingerprint density at radius 2 is 1.89 bits per heavy atom. The molecule has 3 aromatic heterocycles. The van der Waals surface area contributed by atoms with Crippen molar-refractivity contribution in [2.75, 3.05) is 23.3 Å². The molecule has 3 aromatic rings. The summed E-state index contributed by atoms with van der Waals surface area (Å²) in [4.78, 5) is 23.4. The van der Waals surface area contributed by atoms with E-state index in [4.69, 9.17) is 4.98 Å². The number of aryl methyl sites for hydroxylation is 1. The minimum absolute atomic E-state index is 0.308. The second-order valence-electron chi connectivity index (χ2n) is 10.1. The van der Waals surface area contributed by atoms with Crippen molar-refractivity contribution in [2.24, 2.45) is 5.92 Å². The van der Waals surface area contributed by atoms with E-state index in [1.165, 1.54) is 12.1 Å². The number of rotatable bonds is 7. The van der Waals surface area contributed by atoms with Gasteiger partial charge in [0, 0.05) is 31.5 Å². The summed E-state index contributed by atoms with van der Waals surface area (Å²) in [6, 6.07) is 5.18. The third-order valence-electron chi connectivity index (χ3n) is 6.67. The number of pyridine rings is 2. The molecule has 10 heteroatoms. The van der Waals surface area contributed by atoms with Crippen LogP contribution in [-0.4, -0.2) is 44.1 Å². The summed E-state index contributed by atoms with van der Waals surface area (Å²) in [5, 5.41) is 12.9. The fourth-order valence-corrected chi connectivity index (χ4v) is 4.48. The van der Waals surface area contributed by atoms with Crippen LogP contribution < -0.4 is 10.2 Å². The maximum absolute atomic E-state index is 13.1. The number of aliphatic hydroxyl groups is 1. The molecular weight excluding hydrogens is 471 g/mol. The van der Waals surface area contributed by atoms with E-state index in [1.807, 2.05) is 12.3 Å². The van der Waals surface area contributed by atoms with E-state index in [9.17, 15) is 23.1 Å². The van der Waals surface area contributed by atoms with Gasteiger partial charge in [-0.3, -0.25) is 4.79 Å². The first-order valence-corrected chi connectivity index (χ1v) is 12.3. The predicted octanol–water partition coefficient (Wildman–Crippen LogP) is 5.33. The van der Waals surface area contributed by atoms with Gasteiger partial charge in [0.15, 0.2) is 0 Å². The first kappa shape index (κ1) is 25.9. The number of piperidine rings is 1. The molecular formula is C26H32F3N5O2. The smallest absolute Gasteiger partial charge is 0.390 e. The molecule has 0 radical (unpaired) electrons. The molecule has 4 rings (SSSR count). The van der Waals surface area contributed by atoms with E-state index in [0.29, 0.717) is 30.1 Å². The zero-order chi connectivity index (χ0) is 26.1. The van der Waals surface area contributed by atoms with Crippen molar-refractivity contribution in [3.8, 4) is 0 Å². The summed E-state index contributed by atoms with van der Waals surface area (Å²) in [6.07, 6.45) is 3.22. The minimum Gasteiger partial charge on any atom is -0.390 e. The summed E-state index contributed by atoms with van der Waals surface area (Å²) in [5.41, 5.74) is 0.516. The van der Waals surface area contributed by atoms with Crippen LogP contribution in [0.1, 0.15) is 68.3 Å². The molecule has 4 heterocycles. The lowest BCUT2D eigenvalue weighted by molar-refractivity contribution is -0.141. The third-order valence-corrected chi connectivity index (χ3v) is 6.67. The molecule has 0 spiro atoms. The quantitative estimate of drug-likeness (QED) is 0.455. The molecule has 0 aliphatic carbocycles. The molecule has 7 nitrogen and oxygen atoms in total. The SMILES string of the molecule is CCC1CCN(c2cc3nc(CCC(C)(C)O)cn3cc2NC(=O)c2cccc(C(F)(F)F)n2)CC1. The number of hydrogen-bond donors (Lipinski definition) is 2. The zero-order valence-electron chi connectivity index (χ0n) is 20.8. The molecule has 0 bridgehead atoms. The van der Waals surface area contributed by atoms with Gasteiger partial charge in [0.25, 0.3) is 5.91 Å². The largest absolute Gasteiger partial charge is 0.433 e. The standard InChI is InChI=1S/C26H32F3N5O2/c1-4-17-9-12-33(13-10-17)21-14-23-30-18(8-11-25(2,3)36)15-34(23)16-20(21)32-24(35)19-6-5-7-22(31-19)26(27,28)29/h5-7,14-17,36H,4,8-13H2,1-3H3,(H,32,35). The number of aromatic nitrogens is 3. The van der Waals surface area contributed by atoms with Crippen LogP contribution in [0.3, 0.4) is 0 Å². The Bertz CT molecular complexity index is 1220. The van der Waals surface area contributed by atoms with Gasteiger partial charge in [-0.1, -0.05) is 19.4 Å². The lowest BCUT2D eigenvalue weighted by atomic mass is 9.94. The fourth-order valence-electron chi connectivity index (χ4n) is 4.48. The molecule has 0 saturated carbocycles. The van der Waals surface area contributed by atoms with E-state index in [1.54, 1.807) is 24.4 Å². The topological polar surface area (TPSA) is 82.8 Å². The molecule has 0 aromatic carbocycles. The molecule has 0 atom stereocenters. The predicted molar refractivity (Wildman–Crippen MR) is 132 cm³/mol. The van der Waals surface area contributed by atoms with Gasteiger partial charge in [-0.05, 0) is 57.6 Å². The Morgan fingerprint density at radius 3 is 2.53 bits per heavy atom. The maximum atomic E-state index is 13.1. The zero-order valence-corrected chi connectivity index (χ0v) is 20.8. The number of halogens is 3. The van der Waals surface area contributed by atoms with Crippen LogP contribution in [0.15, 0.2) is 36.7 Å². The van der Waals surface area contributed by atoms with Gasteiger partial charge in [0.2, 0.25) is 0 Å². The molecule has 1 amide bonds. The van der Waals surface area contributed by atoms with Crippen LogP contribution in [0.5, 0.6) is 0 Å². The number of nitrogens with one attached hydrogen (secondary N) is 1. The van der Waals surface area contributed by atoms with Gasteiger partial charge in [0.1, 0.15) is 17.0 Å². The lowest BCUT2D eigenvalue weighted by Gasteiger charge is -2.34. The average Bonchev–Trinajstić information content (AvgIpc) is 3.23. The van der Waals surface area contributed by atoms with E-state index < -0.39 is 23.4 Å². The van der Waals surface area contributed by atoms with Crippen LogP contribution >= 0.6 is 0 Å². The molecule has 1 aliphatic heterocycles. The van der Waals surface area contributed by atoms with Crippen LogP contribution in [0.25, 0.3) is 5.65 Å². The Labute approximate surface area is 208 Å². The summed E-state index contributed by atoms with van der Waals surface area (Å²) in [5.74, 6) is -0.0651. The van der Waals surface area contributed by atoms with Crippen molar-refractivity contribution in [3.63, 3.8) is 0 Å². The second kappa shape index (κ2) is 10.1. The first-order chi connectivity index (χ1) is 16.9. The van der Waals surface area contributed by atoms with Gasteiger partial charge in [0.05, 0.1) is 22.7 Å². The number of carbonyl (C=O) groups is 1. The first-order valence-electron chi connectivity index (χ1n) is 12.3. The molecule has 1 fully saturated rings. The van der Waals surface area contributed by atoms with Crippen LogP contribution in [0.4, 0.5) is 24.5 Å². The number of amides is 1. The summed E-state index contributed by atoms with van der Waals surface area (Å²) < 4.78 is 41.1. The summed E-state index contributed by atoms with van der Waals surface area (Å²) in [6.45, 7) is 7.30. The molecule has 194 valence electrons. The Hall–Kier alpha value is -3.14. The number of hydrogen-bond acceptors (Lipinski definition) is 5. The van der Waals surface area contributed by atoms with Crippen LogP contribution in [-0.2, 0) is 12.6 Å². The number of alkyl halides is 3. The monoisotopic (exact) mass is 503 g/mol. The minimum atomic E-state index is -4.64. The molecule has 0 unspecified atom stereocenters. The lowest BCUT2D eigenvalue weighted by Crippen LogP contribution is -2.34. The van der Waals surface area contributed by atoms with Gasteiger partial charge < -0.3 is 19.7 Å². The second-order valence-corrected chi connectivity index (χ2v) is 10.1. The maximum Gasteiger partial charge on any atom is 0.433 e. The highest BCUT2D eigenvalue weighted by atomic mass is 19.4. The molecule has 36 heavy (non-hydrogen) atoms. The van der Waals surface area contributed by atoms with Gasteiger partial charge in [-0.25, -0.2) is 9.97 Å². The Morgan fingerprint density at radius 1 is 1.17 bits per heavy atom. The van der Waals surface area contributed by atoms with Crippen molar-refractivity contribution in [1.82, 2.24) is 14.4 Å². The van der Waals surface area contributed by atoms with Crippen molar-refractivity contribution in [1.29, 1.82) is 0 Å². The van der Waals surface area contributed by atoms with Gasteiger partial charge >= 0.3 is 6.18 Å². The summed E-state index contributed by atoms with van der Waals surface area (Å²) in [7, 11) is 0. The Kier molecular flexibility index (Phi) is 7.26. The van der Waals surface area contributed by atoms with E-state index in [0.717, 1.165) is 49.8 Å². The highest BCUT2D eigenvalue weighted by Crippen LogP contribution is 2.33. The van der Waals surface area contributed by atoms with E-state index in [-0.39, 0.29) is 5.69 Å². The van der Waals surface area contributed by atoms with Gasteiger partial charge in [-0.2, -0.15) is 13.2 Å². The summed E-state index contributed by atoms with van der Waals surface area (Å²) >= 11 is 0. The van der Waals surface area contributed by atoms with Crippen molar-refractivity contribution < 1.29 is 23.1 Å².